The Balaban J connectivity index is 2.61. The minimum Gasteiger partial charge on any atom is -0.468 e. The number of nitrogens with one attached hydrogen (secondary N) is 1. The molecule has 0 fully saturated rings. The van der Waals surface area contributed by atoms with Crippen molar-refractivity contribution in [2.45, 2.75) is 33.0 Å². The molecule has 1 rings (SSSR count). The molecule has 0 aliphatic heterocycles. The number of hydrogen-bond donors (Lipinski definition) is 2. The molecule has 1 aromatic rings. The molecule has 3 N–H and O–H groups in total. The molecule has 0 saturated carbocycles. The van der Waals surface area contributed by atoms with E-state index in [4.69, 9.17) is 5.73 Å². The maximum absolute atomic E-state index is 12.0. The normalized spacial score (nSPS) is 13.7. The number of amides is 1. The molecule has 1 heterocycles. The molecule has 0 aromatic carbocycles. The third kappa shape index (κ3) is 5.99. The first-order valence-electron chi connectivity index (χ1n) is 6.21. The molecule has 0 radical (unpaired) electrons. The summed E-state index contributed by atoms with van der Waals surface area (Å²) < 4.78 is 40.4. The maximum Gasteiger partial charge on any atom is 0.422 e. The minimum atomic E-state index is -4.42. The van der Waals surface area contributed by atoms with Crippen LogP contribution in [0.15, 0.2) is 18.3 Å². The molecule has 5 nitrogen and oxygen atoms in total. The highest BCUT2D eigenvalue weighted by atomic mass is 19.4. The molecule has 118 valence electrons. The summed E-state index contributed by atoms with van der Waals surface area (Å²) >= 11 is 0. The summed E-state index contributed by atoms with van der Waals surface area (Å²) in [5.74, 6) is -0.571. The van der Waals surface area contributed by atoms with Crippen LogP contribution in [0.2, 0.25) is 0 Å². The number of rotatable bonds is 4. The SMILES string of the molecule is CC(C)(C)[C@H](N)C(=O)Nc1ccc(OCC(F)(F)F)nc1. The number of hydrogen-bond acceptors (Lipinski definition) is 4. The number of nitrogens with two attached hydrogens (primary N) is 1. The van der Waals surface area contributed by atoms with E-state index in [1.165, 1.54) is 18.3 Å². The Hall–Kier alpha value is -1.83. The summed E-state index contributed by atoms with van der Waals surface area (Å²) in [7, 11) is 0. The van der Waals surface area contributed by atoms with Crippen LogP contribution in [-0.2, 0) is 4.79 Å². The van der Waals surface area contributed by atoms with Gasteiger partial charge in [-0.05, 0) is 11.5 Å². The number of anilines is 1. The molecular formula is C13H18F3N3O2. The van der Waals surface area contributed by atoms with E-state index in [9.17, 15) is 18.0 Å². The Bertz CT molecular complexity index is 481. The van der Waals surface area contributed by atoms with Crippen LogP contribution in [0.1, 0.15) is 20.8 Å². The van der Waals surface area contributed by atoms with E-state index in [0.29, 0.717) is 5.69 Å². The molecule has 1 atom stereocenters. The lowest BCUT2D eigenvalue weighted by Crippen LogP contribution is -2.45. The van der Waals surface area contributed by atoms with E-state index in [0.717, 1.165) is 0 Å². The van der Waals surface area contributed by atoms with Gasteiger partial charge in [0.15, 0.2) is 6.61 Å². The Kier molecular flexibility index (Phi) is 5.16. The number of aromatic nitrogens is 1. The third-order valence-corrected chi connectivity index (χ3v) is 2.60. The topological polar surface area (TPSA) is 77.2 Å². The van der Waals surface area contributed by atoms with Crippen molar-refractivity contribution in [1.29, 1.82) is 0 Å². The standard InChI is InChI=1S/C13H18F3N3O2/c1-12(2,3)10(17)11(20)19-8-4-5-9(18-6-8)21-7-13(14,15)16/h4-6,10H,7,17H2,1-3H3,(H,19,20)/t10-/m1/s1. The molecule has 0 bridgehead atoms. The molecule has 8 heteroatoms. The molecule has 1 aromatic heterocycles. The van der Waals surface area contributed by atoms with Crippen molar-refractivity contribution in [2.75, 3.05) is 11.9 Å². The van der Waals surface area contributed by atoms with Crippen molar-refractivity contribution >= 4 is 11.6 Å². The zero-order valence-corrected chi connectivity index (χ0v) is 12.0. The lowest BCUT2D eigenvalue weighted by Gasteiger charge is -2.25. The van der Waals surface area contributed by atoms with Gasteiger partial charge in [-0.25, -0.2) is 4.98 Å². The van der Waals surface area contributed by atoms with E-state index in [-0.39, 0.29) is 5.88 Å². The average Bonchev–Trinajstić information content (AvgIpc) is 2.35. The second kappa shape index (κ2) is 6.30. The van der Waals surface area contributed by atoms with E-state index < -0.39 is 30.1 Å². The minimum absolute atomic E-state index is 0.176. The first-order chi connectivity index (χ1) is 9.49. The van der Waals surface area contributed by atoms with Gasteiger partial charge in [0.1, 0.15) is 0 Å². The number of nitrogens with zero attached hydrogens (tertiary/aromatic N) is 1. The van der Waals surface area contributed by atoms with Gasteiger partial charge in [-0.2, -0.15) is 13.2 Å². The van der Waals surface area contributed by atoms with Crippen molar-refractivity contribution in [3.63, 3.8) is 0 Å². The molecule has 0 unspecified atom stereocenters. The molecule has 0 saturated heterocycles. The number of carbonyl (C=O) groups excluding carboxylic acids is 1. The van der Waals surface area contributed by atoms with Crippen LogP contribution in [0, 0.1) is 5.41 Å². The molecule has 21 heavy (non-hydrogen) atoms. The van der Waals surface area contributed by atoms with Crippen LogP contribution in [0.3, 0.4) is 0 Å². The van der Waals surface area contributed by atoms with Gasteiger partial charge in [0, 0.05) is 6.07 Å². The third-order valence-electron chi connectivity index (χ3n) is 2.60. The summed E-state index contributed by atoms with van der Waals surface area (Å²) in [6, 6.07) is 1.91. The van der Waals surface area contributed by atoms with Crippen molar-refractivity contribution in [3.05, 3.63) is 18.3 Å². The summed E-state index contributed by atoms with van der Waals surface area (Å²) in [6.45, 7) is 4.05. The predicted molar refractivity (Wildman–Crippen MR) is 71.8 cm³/mol. The number of pyridine rings is 1. The Morgan fingerprint density at radius 1 is 1.38 bits per heavy atom. The number of halogens is 3. The van der Waals surface area contributed by atoms with Crippen LogP contribution in [0.4, 0.5) is 18.9 Å². The van der Waals surface area contributed by atoms with Crippen molar-refractivity contribution in [3.8, 4) is 5.88 Å². The predicted octanol–water partition coefficient (Wildman–Crippen LogP) is 2.33. The highest BCUT2D eigenvalue weighted by molar-refractivity contribution is 5.95. The lowest BCUT2D eigenvalue weighted by molar-refractivity contribution is -0.154. The van der Waals surface area contributed by atoms with Gasteiger partial charge < -0.3 is 15.8 Å². The zero-order chi connectivity index (χ0) is 16.3. The quantitative estimate of drug-likeness (QED) is 0.895. The van der Waals surface area contributed by atoms with Gasteiger partial charge in [0.05, 0.1) is 17.9 Å². The Morgan fingerprint density at radius 2 is 2.00 bits per heavy atom. The van der Waals surface area contributed by atoms with Gasteiger partial charge in [0.2, 0.25) is 11.8 Å². The van der Waals surface area contributed by atoms with Gasteiger partial charge in [0.25, 0.3) is 0 Å². The van der Waals surface area contributed by atoms with Gasteiger partial charge in [-0.1, -0.05) is 20.8 Å². The van der Waals surface area contributed by atoms with Crippen LogP contribution < -0.4 is 15.8 Å². The Morgan fingerprint density at radius 3 is 2.43 bits per heavy atom. The summed E-state index contributed by atoms with van der Waals surface area (Å²) in [6.07, 6.45) is -3.22. The molecule has 0 aliphatic rings. The molecule has 0 spiro atoms. The smallest absolute Gasteiger partial charge is 0.422 e. The van der Waals surface area contributed by atoms with Crippen LogP contribution >= 0.6 is 0 Å². The first kappa shape index (κ1) is 17.2. The van der Waals surface area contributed by atoms with Crippen LogP contribution in [-0.4, -0.2) is 29.7 Å². The lowest BCUT2D eigenvalue weighted by atomic mass is 9.87. The molecule has 1 amide bonds. The number of alkyl halides is 3. The Labute approximate surface area is 120 Å². The van der Waals surface area contributed by atoms with E-state index in [1.54, 1.807) is 0 Å². The highest BCUT2D eigenvalue weighted by Crippen LogP contribution is 2.20. The van der Waals surface area contributed by atoms with Crippen molar-refractivity contribution in [1.82, 2.24) is 4.98 Å². The maximum atomic E-state index is 12.0. The first-order valence-corrected chi connectivity index (χ1v) is 6.21. The summed E-state index contributed by atoms with van der Waals surface area (Å²) in [5, 5.41) is 2.54. The van der Waals surface area contributed by atoms with Crippen molar-refractivity contribution in [2.24, 2.45) is 11.1 Å². The fourth-order valence-electron chi connectivity index (χ4n) is 1.31. The summed E-state index contributed by atoms with van der Waals surface area (Å²) in [5.41, 5.74) is 5.71. The van der Waals surface area contributed by atoms with Gasteiger partial charge in [-0.3, -0.25) is 4.79 Å². The second-order valence-corrected chi connectivity index (χ2v) is 5.62. The van der Waals surface area contributed by atoms with Gasteiger partial charge >= 0.3 is 6.18 Å². The van der Waals surface area contributed by atoms with E-state index >= 15 is 0 Å². The number of carbonyl (C=O) groups is 1. The van der Waals surface area contributed by atoms with E-state index in [2.05, 4.69) is 15.0 Å². The van der Waals surface area contributed by atoms with Gasteiger partial charge in [-0.15, -0.1) is 0 Å². The van der Waals surface area contributed by atoms with Crippen LogP contribution in [0.25, 0.3) is 0 Å². The van der Waals surface area contributed by atoms with Crippen LogP contribution in [0.5, 0.6) is 5.88 Å². The monoisotopic (exact) mass is 305 g/mol. The fourth-order valence-corrected chi connectivity index (χ4v) is 1.31. The highest BCUT2D eigenvalue weighted by Gasteiger charge is 2.29. The number of ether oxygens (including phenoxy) is 1. The largest absolute Gasteiger partial charge is 0.468 e. The zero-order valence-electron chi connectivity index (χ0n) is 12.0. The second-order valence-electron chi connectivity index (χ2n) is 5.62. The summed E-state index contributed by atoms with van der Waals surface area (Å²) in [4.78, 5) is 15.5. The van der Waals surface area contributed by atoms with E-state index in [1.807, 2.05) is 20.8 Å². The fraction of sp³-hybridized carbons (Fsp3) is 0.538. The molecular weight excluding hydrogens is 287 g/mol. The van der Waals surface area contributed by atoms with Crippen molar-refractivity contribution < 1.29 is 22.7 Å². The molecule has 0 aliphatic carbocycles. The average molecular weight is 305 g/mol.